The van der Waals surface area contributed by atoms with Crippen LogP contribution in [0.5, 0.6) is 0 Å². The molecule has 0 saturated carbocycles. The van der Waals surface area contributed by atoms with Crippen molar-refractivity contribution in [3.63, 3.8) is 0 Å². The molecule has 112 valence electrons. The smallest absolute Gasteiger partial charge is 0.339 e. The first-order valence-corrected chi connectivity index (χ1v) is 7.71. The maximum absolute atomic E-state index is 12.3. The van der Waals surface area contributed by atoms with Crippen molar-refractivity contribution in [2.75, 3.05) is 0 Å². The quantitative estimate of drug-likeness (QED) is 0.853. The molecule has 0 heterocycles. The lowest BCUT2D eigenvalue weighted by Gasteiger charge is -2.20. The Bertz CT molecular complexity index is 757. The minimum Gasteiger partial charge on any atom is -0.444 e. The van der Waals surface area contributed by atoms with E-state index in [0.29, 0.717) is 11.1 Å². The molecule has 0 radical (unpaired) electrons. The van der Waals surface area contributed by atoms with Gasteiger partial charge >= 0.3 is 5.97 Å². The number of aryl methyl sites for hydroxylation is 2. The van der Waals surface area contributed by atoms with Gasteiger partial charge in [0, 0.05) is 10.0 Å². The summed E-state index contributed by atoms with van der Waals surface area (Å²) in [4.78, 5) is 23.9. The molecule has 3 rings (SSSR count). The number of fused-ring (bicyclic) bond motifs is 1. The summed E-state index contributed by atoms with van der Waals surface area (Å²) >= 11 is 3.32. The minimum absolute atomic E-state index is 0.444. The molecule has 0 bridgehead atoms. The molecule has 4 nitrogen and oxygen atoms in total. The van der Waals surface area contributed by atoms with Gasteiger partial charge in [0.15, 0.2) is 0 Å². The van der Waals surface area contributed by atoms with Crippen molar-refractivity contribution in [3.05, 3.63) is 69.2 Å². The molecule has 1 atom stereocenters. The van der Waals surface area contributed by atoms with Crippen LogP contribution in [0.1, 0.15) is 33.2 Å². The Labute approximate surface area is 136 Å². The van der Waals surface area contributed by atoms with Crippen LogP contribution >= 0.6 is 15.9 Å². The molecular formula is C17H14BrNO3. The molecule has 0 fully saturated rings. The van der Waals surface area contributed by atoms with Crippen molar-refractivity contribution in [2.45, 2.75) is 18.9 Å². The summed E-state index contributed by atoms with van der Waals surface area (Å²) in [5, 5.41) is 0. The summed E-state index contributed by atoms with van der Waals surface area (Å²) in [6.45, 7) is 0. The third-order valence-corrected chi connectivity index (χ3v) is 4.23. The van der Waals surface area contributed by atoms with Crippen LogP contribution in [0.15, 0.2) is 46.9 Å². The number of primary amides is 1. The summed E-state index contributed by atoms with van der Waals surface area (Å²) in [6.07, 6.45) is 0.921. The van der Waals surface area contributed by atoms with Gasteiger partial charge < -0.3 is 10.5 Å². The molecule has 22 heavy (non-hydrogen) atoms. The third kappa shape index (κ3) is 2.90. The molecule has 1 aliphatic carbocycles. The van der Waals surface area contributed by atoms with E-state index in [1.165, 1.54) is 5.56 Å². The second-order valence-electron chi connectivity index (χ2n) is 5.23. The average molecular weight is 360 g/mol. The van der Waals surface area contributed by atoms with E-state index in [1.54, 1.807) is 24.3 Å². The summed E-state index contributed by atoms with van der Waals surface area (Å²) < 4.78 is 6.11. The number of amides is 1. The standard InChI is InChI=1S/C17H14BrNO3/c18-14-3-1-2-12(9-14)15(16(19)20)22-17(21)13-7-5-10-4-6-11(10)8-13/h1-3,5,7-9,15H,4,6H2,(H2,19,20). The molecule has 2 aromatic carbocycles. The van der Waals surface area contributed by atoms with Crippen LogP contribution in [0, 0.1) is 0 Å². The highest BCUT2D eigenvalue weighted by molar-refractivity contribution is 9.10. The van der Waals surface area contributed by atoms with E-state index >= 15 is 0 Å². The molecule has 1 unspecified atom stereocenters. The second kappa shape index (κ2) is 5.93. The van der Waals surface area contributed by atoms with Crippen molar-refractivity contribution in [2.24, 2.45) is 5.73 Å². The maximum atomic E-state index is 12.3. The van der Waals surface area contributed by atoms with E-state index in [2.05, 4.69) is 15.9 Å². The van der Waals surface area contributed by atoms with E-state index in [1.807, 2.05) is 18.2 Å². The maximum Gasteiger partial charge on any atom is 0.339 e. The van der Waals surface area contributed by atoms with Gasteiger partial charge in [-0.3, -0.25) is 4.79 Å². The lowest BCUT2D eigenvalue weighted by atomic mass is 9.87. The molecular weight excluding hydrogens is 346 g/mol. The Kier molecular flexibility index (Phi) is 3.98. The first-order valence-electron chi connectivity index (χ1n) is 6.92. The van der Waals surface area contributed by atoms with E-state index in [9.17, 15) is 9.59 Å². The Morgan fingerprint density at radius 2 is 1.86 bits per heavy atom. The number of hydrogen-bond acceptors (Lipinski definition) is 3. The van der Waals surface area contributed by atoms with Gasteiger partial charge in [0.2, 0.25) is 6.10 Å². The van der Waals surface area contributed by atoms with E-state index in [-0.39, 0.29) is 0 Å². The lowest BCUT2D eigenvalue weighted by molar-refractivity contribution is -0.127. The van der Waals surface area contributed by atoms with Gasteiger partial charge in [0.05, 0.1) is 5.56 Å². The van der Waals surface area contributed by atoms with Crippen LogP contribution < -0.4 is 5.73 Å². The second-order valence-corrected chi connectivity index (χ2v) is 6.14. The number of carbonyl (C=O) groups is 2. The van der Waals surface area contributed by atoms with Gasteiger partial charge in [0.1, 0.15) is 0 Å². The zero-order valence-electron chi connectivity index (χ0n) is 11.7. The Morgan fingerprint density at radius 3 is 2.45 bits per heavy atom. The molecule has 1 aliphatic rings. The highest BCUT2D eigenvalue weighted by atomic mass is 79.9. The molecule has 0 aromatic heterocycles. The number of carbonyl (C=O) groups excluding carboxylic acids is 2. The highest BCUT2D eigenvalue weighted by Crippen LogP contribution is 2.26. The van der Waals surface area contributed by atoms with Gasteiger partial charge in [-0.05, 0) is 48.2 Å². The van der Waals surface area contributed by atoms with Crippen LogP contribution in [-0.2, 0) is 22.4 Å². The summed E-state index contributed by atoms with van der Waals surface area (Å²) in [6, 6.07) is 12.5. The van der Waals surface area contributed by atoms with Crippen LogP contribution in [0.4, 0.5) is 0 Å². The molecule has 1 amide bonds. The van der Waals surface area contributed by atoms with Gasteiger partial charge in [-0.2, -0.15) is 0 Å². The topological polar surface area (TPSA) is 69.4 Å². The Hall–Kier alpha value is -2.14. The van der Waals surface area contributed by atoms with Gasteiger partial charge in [0.25, 0.3) is 5.91 Å². The summed E-state index contributed by atoms with van der Waals surface area (Å²) in [5.41, 5.74) is 8.78. The molecule has 2 aromatic rings. The number of hydrogen-bond donors (Lipinski definition) is 1. The van der Waals surface area contributed by atoms with E-state index in [0.717, 1.165) is 22.9 Å². The molecule has 0 saturated heterocycles. The first-order chi connectivity index (χ1) is 10.5. The van der Waals surface area contributed by atoms with Crippen molar-refractivity contribution < 1.29 is 14.3 Å². The number of rotatable bonds is 4. The zero-order chi connectivity index (χ0) is 15.7. The molecule has 2 N–H and O–H groups in total. The van der Waals surface area contributed by atoms with E-state index < -0.39 is 18.0 Å². The summed E-state index contributed by atoms with van der Waals surface area (Å²) in [7, 11) is 0. The lowest BCUT2D eigenvalue weighted by Crippen LogP contribution is -2.26. The first kappa shape index (κ1) is 14.8. The Balaban J connectivity index is 1.82. The number of benzene rings is 2. The minimum atomic E-state index is -1.10. The van der Waals surface area contributed by atoms with Crippen LogP contribution in [0.2, 0.25) is 0 Å². The molecule has 0 spiro atoms. The number of esters is 1. The number of halogens is 1. The molecule has 0 aliphatic heterocycles. The fourth-order valence-corrected chi connectivity index (χ4v) is 2.87. The van der Waals surface area contributed by atoms with Crippen molar-refractivity contribution >= 4 is 27.8 Å². The largest absolute Gasteiger partial charge is 0.444 e. The van der Waals surface area contributed by atoms with Gasteiger partial charge in [-0.15, -0.1) is 0 Å². The van der Waals surface area contributed by atoms with Crippen molar-refractivity contribution in [1.29, 1.82) is 0 Å². The fourth-order valence-electron chi connectivity index (χ4n) is 2.46. The van der Waals surface area contributed by atoms with Crippen LogP contribution in [0.3, 0.4) is 0 Å². The third-order valence-electron chi connectivity index (χ3n) is 3.74. The van der Waals surface area contributed by atoms with E-state index in [4.69, 9.17) is 10.5 Å². The highest BCUT2D eigenvalue weighted by Gasteiger charge is 2.24. The Morgan fingerprint density at radius 1 is 1.09 bits per heavy atom. The SMILES string of the molecule is NC(=O)C(OC(=O)c1ccc2c(c1)CC2)c1cccc(Br)c1. The number of nitrogens with two attached hydrogens (primary N) is 1. The van der Waals surface area contributed by atoms with Gasteiger partial charge in [-0.25, -0.2) is 4.79 Å². The predicted octanol–water partition coefficient (Wildman–Crippen LogP) is 2.93. The monoisotopic (exact) mass is 359 g/mol. The van der Waals surface area contributed by atoms with Crippen LogP contribution in [-0.4, -0.2) is 11.9 Å². The number of ether oxygens (including phenoxy) is 1. The average Bonchev–Trinajstić information content (AvgIpc) is 2.45. The van der Waals surface area contributed by atoms with Crippen LogP contribution in [0.25, 0.3) is 0 Å². The van der Waals surface area contributed by atoms with Crippen molar-refractivity contribution in [1.82, 2.24) is 0 Å². The van der Waals surface area contributed by atoms with Crippen molar-refractivity contribution in [3.8, 4) is 0 Å². The zero-order valence-corrected chi connectivity index (χ0v) is 13.3. The predicted molar refractivity (Wildman–Crippen MR) is 85.3 cm³/mol. The normalized spacial score (nSPS) is 13.7. The molecule has 5 heteroatoms. The van der Waals surface area contributed by atoms with Gasteiger partial charge in [-0.1, -0.05) is 34.1 Å². The summed E-state index contributed by atoms with van der Waals surface area (Å²) in [5.74, 6) is -1.24. The fraction of sp³-hybridized carbons (Fsp3) is 0.176.